The molecule has 0 radical (unpaired) electrons. The van der Waals surface area contributed by atoms with E-state index in [1.165, 1.54) is 47.0 Å². The molecule has 0 amide bonds. The Labute approximate surface area is 124 Å². The van der Waals surface area contributed by atoms with E-state index in [0.29, 0.717) is 5.54 Å². The Balaban J connectivity index is 1.64. The van der Waals surface area contributed by atoms with Gasteiger partial charge in [0.1, 0.15) is 0 Å². The van der Waals surface area contributed by atoms with E-state index in [1.54, 1.807) is 0 Å². The Morgan fingerprint density at radius 3 is 3.16 bits per heavy atom. The summed E-state index contributed by atoms with van der Waals surface area (Å²) in [7, 11) is 0. The summed E-state index contributed by atoms with van der Waals surface area (Å²) in [6, 6.07) is 2.18. The van der Waals surface area contributed by atoms with Crippen molar-refractivity contribution in [3.63, 3.8) is 0 Å². The van der Waals surface area contributed by atoms with Crippen molar-refractivity contribution >= 4 is 28.3 Å². The summed E-state index contributed by atoms with van der Waals surface area (Å²) < 4.78 is 0. The fourth-order valence-corrected chi connectivity index (χ4v) is 5.23. The van der Waals surface area contributed by atoms with Crippen LogP contribution in [0, 0.1) is 12.8 Å². The number of hydrogen-bond acceptors (Lipinski definition) is 3. The summed E-state index contributed by atoms with van der Waals surface area (Å²) in [5, 5.41) is 7.06. The number of nitrogens with one attached hydrogen (secondary N) is 1. The summed E-state index contributed by atoms with van der Waals surface area (Å²) in [4.78, 5) is 6.18. The maximum absolute atomic E-state index is 4.78. The molecular formula is C15H22N2S2. The first-order valence-electron chi connectivity index (χ1n) is 7.15. The third-order valence-electron chi connectivity index (χ3n) is 4.28. The average molecular weight is 294 g/mol. The molecule has 0 bridgehead atoms. The normalized spacial score (nSPS) is 32.9. The zero-order valence-corrected chi connectivity index (χ0v) is 13.4. The van der Waals surface area contributed by atoms with E-state index in [-0.39, 0.29) is 0 Å². The molecule has 0 aromatic carbocycles. The lowest BCUT2D eigenvalue weighted by molar-refractivity contribution is 0.242. The number of aliphatic imine (C=N–C) groups is 1. The Morgan fingerprint density at radius 2 is 2.42 bits per heavy atom. The molecule has 2 aliphatic rings. The second-order valence-electron chi connectivity index (χ2n) is 6.04. The fourth-order valence-electron chi connectivity index (χ4n) is 3.21. The van der Waals surface area contributed by atoms with Gasteiger partial charge in [-0.05, 0) is 42.7 Å². The number of aryl methyl sites for hydroxylation is 1. The van der Waals surface area contributed by atoms with E-state index in [9.17, 15) is 0 Å². The van der Waals surface area contributed by atoms with E-state index in [4.69, 9.17) is 4.99 Å². The minimum Gasteiger partial charge on any atom is -0.359 e. The molecule has 1 aliphatic heterocycles. The highest BCUT2D eigenvalue weighted by Crippen LogP contribution is 2.38. The molecule has 4 heteroatoms. The van der Waals surface area contributed by atoms with Crippen molar-refractivity contribution in [1.29, 1.82) is 0 Å². The van der Waals surface area contributed by atoms with E-state index >= 15 is 0 Å². The number of hydrogen-bond donors (Lipinski definition) is 1. The van der Waals surface area contributed by atoms with Crippen molar-refractivity contribution in [2.24, 2.45) is 10.9 Å². The number of rotatable bonds is 2. The van der Waals surface area contributed by atoms with Crippen LogP contribution >= 0.6 is 23.1 Å². The van der Waals surface area contributed by atoms with Gasteiger partial charge in [0.05, 0.1) is 6.54 Å². The maximum Gasteiger partial charge on any atom is 0.157 e. The van der Waals surface area contributed by atoms with E-state index in [1.807, 2.05) is 23.1 Å². The zero-order chi connectivity index (χ0) is 13.3. The molecule has 1 aliphatic carbocycles. The lowest BCUT2D eigenvalue weighted by Gasteiger charge is -2.36. The van der Waals surface area contributed by atoms with Crippen LogP contribution in [0.1, 0.15) is 43.0 Å². The second-order valence-corrected chi connectivity index (χ2v) is 8.01. The van der Waals surface area contributed by atoms with Gasteiger partial charge in [-0.15, -0.1) is 11.3 Å². The van der Waals surface area contributed by atoms with Crippen LogP contribution in [0.2, 0.25) is 0 Å². The molecule has 2 heterocycles. The lowest BCUT2D eigenvalue weighted by atomic mass is 9.78. The third kappa shape index (κ3) is 3.00. The highest BCUT2D eigenvalue weighted by molar-refractivity contribution is 8.14. The van der Waals surface area contributed by atoms with Gasteiger partial charge in [-0.2, -0.15) is 0 Å². The van der Waals surface area contributed by atoms with Gasteiger partial charge in [0.2, 0.25) is 0 Å². The highest BCUT2D eigenvalue weighted by Gasteiger charge is 2.40. The predicted octanol–water partition coefficient (Wildman–Crippen LogP) is 4.20. The molecule has 2 fully saturated rings. The Kier molecular flexibility index (Phi) is 3.90. The molecule has 104 valence electrons. The molecule has 1 aromatic heterocycles. The quantitative estimate of drug-likeness (QED) is 0.884. The van der Waals surface area contributed by atoms with E-state index in [0.717, 1.165) is 12.5 Å². The molecule has 2 unspecified atom stereocenters. The van der Waals surface area contributed by atoms with E-state index < -0.39 is 0 Å². The number of amidine groups is 1. The first-order chi connectivity index (χ1) is 9.17. The maximum atomic E-state index is 4.78. The largest absolute Gasteiger partial charge is 0.359 e. The molecule has 2 nitrogen and oxygen atoms in total. The lowest BCUT2D eigenvalue weighted by Crippen LogP contribution is -2.47. The molecule has 1 saturated carbocycles. The van der Waals surface area contributed by atoms with Gasteiger partial charge in [-0.3, -0.25) is 4.99 Å². The highest BCUT2D eigenvalue weighted by atomic mass is 32.2. The molecule has 1 saturated heterocycles. The van der Waals surface area contributed by atoms with Crippen LogP contribution < -0.4 is 5.32 Å². The van der Waals surface area contributed by atoms with Gasteiger partial charge in [0.25, 0.3) is 0 Å². The van der Waals surface area contributed by atoms with Crippen LogP contribution in [0.4, 0.5) is 0 Å². The van der Waals surface area contributed by atoms with Crippen molar-refractivity contribution in [1.82, 2.24) is 5.32 Å². The molecule has 1 N–H and O–H groups in total. The summed E-state index contributed by atoms with van der Waals surface area (Å²) in [5.74, 6) is 2.07. The van der Waals surface area contributed by atoms with Gasteiger partial charge in [-0.1, -0.05) is 31.5 Å². The van der Waals surface area contributed by atoms with Crippen molar-refractivity contribution in [2.45, 2.75) is 51.6 Å². The zero-order valence-electron chi connectivity index (χ0n) is 11.7. The van der Waals surface area contributed by atoms with Gasteiger partial charge < -0.3 is 5.32 Å². The van der Waals surface area contributed by atoms with Crippen molar-refractivity contribution in [3.8, 4) is 0 Å². The topological polar surface area (TPSA) is 24.4 Å². The predicted molar refractivity (Wildman–Crippen MR) is 86.2 cm³/mol. The van der Waals surface area contributed by atoms with Crippen molar-refractivity contribution < 1.29 is 0 Å². The Morgan fingerprint density at radius 1 is 1.53 bits per heavy atom. The number of nitrogens with zero attached hydrogens (tertiary/aromatic N) is 1. The number of thioether (sulfide) groups is 1. The molecule has 2 atom stereocenters. The van der Waals surface area contributed by atoms with Crippen LogP contribution in [-0.4, -0.2) is 16.5 Å². The van der Waals surface area contributed by atoms with Crippen LogP contribution in [0.15, 0.2) is 16.4 Å². The number of thiophene rings is 1. The van der Waals surface area contributed by atoms with Gasteiger partial charge in [-0.25, -0.2) is 0 Å². The standard InChI is InChI=1S/C15H22N2S2/c1-11-4-3-6-15(8-11)10-19-14(17-15)16-9-13-12(2)5-7-18-13/h5,7,11H,3-4,6,8-10H2,1-2H3,(H,16,17). The summed E-state index contributed by atoms with van der Waals surface area (Å²) in [6.07, 6.45) is 5.40. The minimum absolute atomic E-state index is 0.353. The first-order valence-corrected chi connectivity index (χ1v) is 9.02. The van der Waals surface area contributed by atoms with E-state index in [2.05, 4.69) is 30.6 Å². The van der Waals surface area contributed by atoms with Crippen LogP contribution in [0.5, 0.6) is 0 Å². The summed E-state index contributed by atoms with van der Waals surface area (Å²) in [5.41, 5.74) is 1.73. The van der Waals surface area contributed by atoms with Gasteiger partial charge >= 0.3 is 0 Å². The Hall–Kier alpha value is -0.480. The van der Waals surface area contributed by atoms with Gasteiger partial charge in [0.15, 0.2) is 5.17 Å². The summed E-state index contributed by atoms with van der Waals surface area (Å²) >= 11 is 3.74. The second kappa shape index (κ2) is 5.49. The van der Waals surface area contributed by atoms with Crippen molar-refractivity contribution in [2.75, 3.05) is 5.75 Å². The monoisotopic (exact) mass is 294 g/mol. The molecule has 1 spiro atoms. The minimum atomic E-state index is 0.353. The third-order valence-corrected chi connectivity index (χ3v) is 6.49. The summed E-state index contributed by atoms with van der Waals surface area (Å²) in [6.45, 7) is 5.40. The van der Waals surface area contributed by atoms with Gasteiger partial charge in [0, 0.05) is 16.2 Å². The molecular weight excluding hydrogens is 272 g/mol. The Bertz CT molecular complexity index is 480. The molecule has 1 aromatic rings. The van der Waals surface area contributed by atoms with Crippen molar-refractivity contribution in [3.05, 3.63) is 21.9 Å². The molecule has 19 heavy (non-hydrogen) atoms. The van der Waals surface area contributed by atoms with Crippen LogP contribution in [-0.2, 0) is 6.54 Å². The van der Waals surface area contributed by atoms with Crippen LogP contribution in [0.25, 0.3) is 0 Å². The smallest absolute Gasteiger partial charge is 0.157 e. The average Bonchev–Trinajstić information content (AvgIpc) is 2.94. The molecule has 3 rings (SSSR count). The first kappa shape index (κ1) is 13.5. The fraction of sp³-hybridized carbons (Fsp3) is 0.667. The SMILES string of the molecule is Cc1ccsc1CN=C1NC2(CCCC(C)C2)CS1. The van der Waals surface area contributed by atoms with Crippen LogP contribution in [0.3, 0.4) is 0 Å².